The molecule has 0 aromatic carbocycles. The normalized spacial score (nSPS) is 10.7. The Kier molecular flexibility index (Phi) is 6.25. The number of Topliss-reactive ketones (excluding diaryl/α,β-unsaturated/α-hetero) is 1. The summed E-state index contributed by atoms with van der Waals surface area (Å²) in [7, 11) is 0. The summed E-state index contributed by atoms with van der Waals surface area (Å²) in [5.74, 6) is -1.43. The van der Waals surface area contributed by atoms with Crippen LogP contribution >= 0.6 is 0 Å². The van der Waals surface area contributed by atoms with Crippen molar-refractivity contribution in [1.29, 1.82) is 0 Å². The Balaban J connectivity index is 2.14. The van der Waals surface area contributed by atoms with Crippen molar-refractivity contribution in [3.05, 3.63) is 45.5 Å². The van der Waals surface area contributed by atoms with Crippen LogP contribution in [0.3, 0.4) is 0 Å². The lowest BCUT2D eigenvalue weighted by atomic mass is 10.1. The van der Waals surface area contributed by atoms with Crippen molar-refractivity contribution in [1.82, 2.24) is 9.55 Å². The Morgan fingerprint density at radius 2 is 1.70 bits per heavy atom. The van der Waals surface area contributed by atoms with E-state index in [1.807, 2.05) is 25.3 Å². The first-order valence-electron chi connectivity index (χ1n) is 8.96. The maximum Gasteiger partial charge on any atom is 0.355 e. The van der Waals surface area contributed by atoms with Crippen LogP contribution in [0.5, 0.6) is 0 Å². The van der Waals surface area contributed by atoms with Gasteiger partial charge in [-0.2, -0.15) is 0 Å². The third kappa shape index (κ3) is 3.97. The Hall–Kier alpha value is -2.83. The molecule has 0 spiro atoms. The number of aromatic nitrogens is 2. The molecule has 0 aliphatic rings. The van der Waals surface area contributed by atoms with E-state index < -0.39 is 11.9 Å². The molecule has 0 unspecified atom stereocenters. The van der Waals surface area contributed by atoms with Gasteiger partial charge in [-0.3, -0.25) is 4.79 Å². The molecule has 0 atom stereocenters. The summed E-state index contributed by atoms with van der Waals surface area (Å²) in [6.45, 7) is 11.5. The third-order valence-electron chi connectivity index (χ3n) is 4.65. The molecular formula is C20H26N2O5. The zero-order valence-electron chi connectivity index (χ0n) is 16.7. The molecule has 0 fully saturated rings. The highest BCUT2D eigenvalue weighted by atomic mass is 16.5. The topological polar surface area (TPSA) is 90.4 Å². The molecule has 1 N–H and O–H groups in total. The van der Waals surface area contributed by atoms with Gasteiger partial charge < -0.3 is 19.0 Å². The van der Waals surface area contributed by atoms with Crippen molar-refractivity contribution < 1.29 is 23.9 Å². The van der Waals surface area contributed by atoms with Crippen molar-refractivity contribution in [2.75, 3.05) is 13.2 Å². The van der Waals surface area contributed by atoms with E-state index in [0.29, 0.717) is 16.8 Å². The Morgan fingerprint density at radius 1 is 1.04 bits per heavy atom. The highest BCUT2D eigenvalue weighted by molar-refractivity contribution is 6.02. The number of carbonyl (C=O) groups excluding carboxylic acids is 3. The largest absolute Gasteiger partial charge is 0.461 e. The summed E-state index contributed by atoms with van der Waals surface area (Å²) in [5, 5.41) is 0. The van der Waals surface area contributed by atoms with Gasteiger partial charge in [0.25, 0.3) is 0 Å². The summed E-state index contributed by atoms with van der Waals surface area (Å²) in [6.07, 6.45) is 0. The van der Waals surface area contributed by atoms with Crippen LogP contribution < -0.4 is 0 Å². The van der Waals surface area contributed by atoms with Gasteiger partial charge in [-0.15, -0.1) is 0 Å². The van der Waals surface area contributed by atoms with Crippen LogP contribution in [0.15, 0.2) is 6.07 Å². The van der Waals surface area contributed by atoms with Gasteiger partial charge >= 0.3 is 11.9 Å². The first-order valence-corrected chi connectivity index (χ1v) is 8.96. The summed E-state index contributed by atoms with van der Waals surface area (Å²) in [6, 6.07) is 1.81. The molecule has 0 bridgehead atoms. The summed E-state index contributed by atoms with van der Waals surface area (Å²) in [4.78, 5) is 39.8. The van der Waals surface area contributed by atoms with E-state index in [-0.39, 0.29) is 30.3 Å². The quantitative estimate of drug-likeness (QED) is 0.593. The van der Waals surface area contributed by atoms with Crippen molar-refractivity contribution in [3.8, 4) is 0 Å². The minimum absolute atomic E-state index is 0.221. The smallest absolute Gasteiger partial charge is 0.355 e. The van der Waals surface area contributed by atoms with Gasteiger partial charge in [0.15, 0.2) is 6.61 Å². The average molecular weight is 374 g/mol. The lowest BCUT2D eigenvalue weighted by molar-refractivity contribution is 0.0473. The van der Waals surface area contributed by atoms with Gasteiger partial charge in [0.05, 0.1) is 12.2 Å². The van der Waals surface area contributed by atoms with Gasteiger partial charge in [-0.1, -0.05) is 0 Å². The predicted octanol–water partition coefficient (Wildman–Crippen LogP) is 3.29. The molecule has 0 aliphatic heterocycles. The molecule has 7 nitrogen and oxygen atoms in total. The van der Waals surface area contributed by atoms with Crippen molar-refractivity contribution in [3.63, 3.8) is 0 Å². The molecule has 0 aliphatic carbocycles. The van der Waals surface area contributed by atoms with Crippen LogP contribution in [-0.4, -0.2) is 40.5 Å². The van der Waals surface area contributed by atoms with Gasteiger partial charge in [-0.05, 0) is 53.2 Å². The van der Waals surface area contributed by atoms with E-state index in [2.05, 4.69) is 4.98 Å². The molecule has 0 saturated heterocycles. The first kappa shape index (κ1) is 20.5. The number of rotatable bonds is 7. The number of hydrogen-bond donors (Lipinski definition) is 1. The molecule has 2 rings (SSSR count). The number of ether oxygens (including phenoxy) is 2. The van der Waals surface area contributed by atoms with Crippen molar-refractivity contribution in [2.45, 2.75) is 48.1 Å². The molecule has 7 heteroatoms. The molecule has 0 radical (unpaired) electrons. The van der Waals surface area contributed by atoms with Crippen molar-refractivity contribution in [2.24, 2.45) is 0 Å². The average Bonchev–Trinajstić information content (AvgIpc) is 3.08. The highest BCUT2D eigenvalue weighted by Crippen LogP contribution is 2.21. The minimum Gasteiger partial charge on any atom is -0.461 e. The fourth-order valence-electron chi connectivity index (χ4n) is 3.31. The van der Waals surface area contributed by atoms with Crippen LogP contribution in [-0.2, 0) is 16.0 Å². The monoisotopic (exact) mass is 374 g/mol. The first-order chi connectivity index (χ1) is 12.7. The zero-order chi connectivity index (χ0) is 20.3. The second-order valence-corrected chi connectivity index (χ2v) is 6.37. The number of aryl methyl sites for hydroxylation is 2. The maximum atomic E-state index is 12.5. The van der Waals surface area contributed by atoms with Gasteiger partial charge in [0.1, 0.15) is 5.69 Å². The minimum atomic E-state index is -0.644. The SMILES string of the molecule is CCOC(=O)c1[nH]c(C)c(C(=O)OCC(=O)c2cc(C)n(CC)c2C)c1C. The Morgan fingerprint density at radius 3 is 2.26 bits per heavy atom. The fourth-order valence-corrected chi connectivity index (χ4v) is 3.31. The lowest BCUT2D eigenvalue weighted by Gasteiger charge is -2.07. The highest BCUT2D eigenvalue weighted by Gasteiger charge is 2.25. The number of hydrogen-bond acceptors (Lipinski definition) is 5. The van der Waals surface area contributed by atoms with E-state index in [1.165, 1.54) is 0 Å². The predicted molar refractivity (Wildman–Crippen MR) is 100 cm³/mol. The van der Waals surface area contributed by atoms with Crippen LogP contribution in [0.25, 0.3) is 0 Å². The summed E-state index contributed by atoms with van der Waals surface area (Å²) < 4.78 is 12.2. The number of nitrogens with one attached hydrogen (secondary N) is 1. The Bertz CT molecular complexity index is 889. The number of carbonyl (C=O) groups is 3. The van der Waals surface area contributed by atoms with Crippen LogP contribution in [0, 0.1) is 27.7 Å². The second kappa shape index (κ2) is 8.24. The van der Waals surface area contributed by atoms with Crippen LogP contribution in [0.1, 0.15) is 67.7 Å². The molecule has 146 valence electrons. The molecule has 2 aromatic rings. The van der Waals surface area contributed by atoms with Crippen molar-refractivity contribution >= 4 is 17.7 Å². The second-order valence-electron chi connectivity index (χ2n) is 6.37. The molecule has 0 amide bonds. The van der Waals surface area contributed by atoms with E-state index in [9.17, 15) is 14.4 Å². The van der Waals surface area contributed by atoms with Crippen LogP contribution in [0.2, 0.25) is 0 Å². The van der Waals surface area contributed by atoms with Crippen LogP contribution in [0.4, 0.5) is 0 Å². The lowest BCUT2D eigenvalue weighted by Crippen LogP contribution is -2.16. The molecule has 0 saturated carbocycles. The maximum absolute atomic E-state index is 12.5. The molecule has 27 heavy (non-hydrogen) atoms. The van der Waals surface area contributed by atoms with Gasteiger partial charge in [-0.25, -0.2) is 9.59 Å². The summed E-state index contributed by atoms with van der Waals surface area (Å²) in [5.41, 5.74) is 3.82. The number of aromatic amines is 1. The Labute approximate surface area is 158 Å². The molecule has 2 aromatic heterocycles. The number of ketones is 1. The van der Waals surface area contributed by atoms with E-state index in [1.54, 1.807) is 26.8 Å². The molecule has 2 heterocycles. The van der Waals surface area contributed by atoms with E-state index in [0.717, 1.165) is 17.9 Å². The number of esters is 2. The standard InChI is InChI=1S/C20H26N2O5/c1-7-22-11(3)9-15(14(22)6)16(23)10-27-19(24)17-12(4)18(21-13(17)5)20(25)26-8-2/h9,21H,7-8,10H2,1-6H3. The summed E-state index contributed by atoms with van der Waals surface area (Å²) >= 11 is 0. The zero-order valence-corrected chi connectivity index (χ0v) is 16.7. The molecular weight excluding hydrogens is 348 g/mol. The van der Waals surface area contributed by atoms with Gasteiger partial charge in [0, 0.05) is 29.2 Å². The number of H-pyrrole nitrogens is 1. The van der Waals surface area contributed by atoms with E-state index >= 15 is 0 Å². The third-order valence-corrected chi connectivity index (χ3v) is 4.65. The fraction of sp³-hybridized carbons (Fsp3) is 0.450. The van der Waals surface area contributed by atoms with E-state index in [4.69, 9.17) is 9.47 Å². The number of nitrogens with zero attached hydrogens (tertiary/aromatic N) is 1. The van der Waals surface area contributed by atoms with Gasteiger partial charge in [0.2, 0.25) is 5.78 Å².